The van der Waals surface area contributed by atoms with Crippen LogP contribution in [0.25, 0.3) is 0 Å². The summed E-state index contributed by atoms with van der Waals surface area (Å²) in [7, 11) is 0. The maximum atomic E-state index is 13.2. The lowest BCUT2D eigenvalue weighted by Crippen LogP contribution is -2.49. The zero-order valence-corrected chi connectivity index (χ0v) is 11.3. The Balaban J connectivity index is 2.12. The Morgan fingerprint density at radius 3 is 2.32 bits per heavy atom. The molecule has 0 spiro atoms. The molecule has 106 valence electrons. The Morgan fingerprint density at radius 1 is 1.21 bits per heavy atom. The molecule has 2 N–H and O–H groups in total. The van der Waals surface area contributed by atoms with Crippen LogP contribution in [-0.2, 0) is 11.2 Å². The van der Waals surface area contributed by atoms with E-state index in [0.29, 0.717) is 18.6 Å². The van der Waals surface area contributed by atoms with Crippen LogP contribution in [0, 0.1) is 11.6 Å². The number of halogens is 2. The molecule has 0 bridgehead atoms. The minimum atomic E-state index is -0.556. The maximum Gasteiger partial charge on any atom is 0.126 e. The Labute approximate surface area is 112 Å². The number of hydrogen-bond donors (Lipinski definition) is 1. The van der Waals surface area contributed by atoms with Gasteiger partial charge in [0.05, 0.1) is 5.60 Å². The molecule has 1 saturated carbocycles. The van der Waals surface area contributed by atoms with Crippen LogP contribution < -0.4 is 5.73 Å². The summed E-state index contributed by atoms with van der Waals surface area (Å²) in [5.41, 5.74) is 6.53. The molecule has 0 radical (unpaired) electrons. The molecule has 1 aliphatic rings. The van der Waals surface area contributed by atoms with Gasteiger partial charge in [-0.15, -0.1) is 0 Å². The predicted molar refractivity (Wildman–Crippen MR) is 70.9 cm³/mol. The highest BCUT2D eigenvalue weighted by atomic mass is 19.1. The quantitative estimate of drug-likeness (QED) is 0.891. The van der Waals surface area contributed by atoms with Crippen molar-refractivity contribution < 1.29 is 13.5 Å². The number of ether oxygens (including phenoxy) is 1. The van der Waals surface area contributed by atoms with Crippen molar-refractivity contribution in [2.24, 2.45) is 5.73 Å². The van der Waals surface area contributed by atoms with Crippen molar-refractivity contribution in [3.63, 3.8) is 0 Å². The van der Waals surface area contributed by atoms with Crippen molar-refractivity contribution in [3.8, 4) is 0 Å². The molecule has 1 aliphatic carbocycles. The van der Waals surface area contributed by atoms with Crippen LogP contribution in [0.5, 0.6) is 0 Å². The molecule has 2 nitrogen and oxygen atoms in total. The van der Waals surface area contributed by atoms with Crippen molar-refractivity contribution in [1.29, 1.82) is 0 Å². The van der Waals surface area contributed by atoms with Crippen molar-refractivity contribution in [2.45, 2.75) is 50.7 Å². The van der Waals surface area contributed by atoms with Crippen molar-refractivity contribution in [2.75, 3.05) is 6.61 Å². The van der Waals surface area contributed by atoms with E-state index in [4.69, 9.17) is 10.5 Å². The van der Waals surface area contributed by atoms with Crippen LogP contribution in [-0.4, -0.2) is 18.2 Å². The van der Waals surface area contributed by atoms with Gasteiger partial charge < -0.3 is 10.5 Å². The lowest BCUT2D eigenvalue weighted by molar-refractivity contribution is -0.0525. The van der Waals surface area contributed by atoms with Crippen LogP contribution in [0.1, 0.15) is 38.2 Å². The molecule has 1 unspecified atom stereocenters. The highest BCUT2D eigenvalue weighted by Crippen LogP contribution is 2.36. The van der Waals surface area contributed by atoms with Gasteiger partial charge in [0.15, 0.2) is 0 Å². The maximum absolute atomic E-state index is 13.2. The summed E-state index contributed by atoms with van der Waals surface area (Å²) >= 11 is 0. The average molecular weight is 269 g/mol. The number of hydrogen-bond acceptors (Lipinski definition) is 2. The van der Waals surface area contributed by atoms with Gasteiger partial charge >= 0.3 is 0 Å². The predicted octanol–water partition coefficient (Wildman–Crippen LogP) is 3.18. The molecule has 4 heteroatoms. The van der Waals surface area contributed by atoms with Gasteiger partial charge in [0.1, 0.15) is 11.6 Å². The van der Waals surface area contributed by atoms with E-state index in [1.54, 1.807) is 0 Å². The van der Waals surface area contributed by atoms with Gasteiger partial charge in [-0.1, -0.05) is 12.8 Å². The second-order valence-electron chi connectivity index (χ2n) is 5.29. The molecule has 1 fully saturated rings. The third-order valence-corrected chi connectivity index (χ3v) is 3.94. The van der Waals surface area contributed by atoms with E-state index in [1.807, 2.05) is 6.92 Å². The fraction of sp³-hybridized carbons (Fsp3) is 0.600. The lowest BCUT2D eigenvalue weighted by Gasteiger charge is -2.35. The largest absolute Gasteiger partial charge is 0.374 e. The van der Waals surface area contributed by atoms with E-state index in [9.17, 15) is 8.78 Å². The minimum absolute atomic E-state index is 0.226. The summed E-state index contributed by atoms with van der Waals surface area (Å²) < 4.78 is 32.2. The minimum Gasteiger partial charge on any atom is -0.374 e. The van der Waals surface area contributed by atoms with Crippen LogP contribution in [0.4, 0.5) is 8.78 Å². The van der Waals surface area contributed by atoms with Gasteiger partial charge in [0.2, 0.25) is 0 Å². The number of benzene rings is 1. The Bertz CT molecular complexity index is 410. The fourth-order valence-corrected chi connectivity index (χ4v) is 3.05. The summed E-state index contributed by atoms with van der Waals surface area (Å²) in [6.45, 7) is 2.57. The van der Waals surface area contributed by atoms with E-state index in [-0.39, 0.29) is 11.6 Å². The summed E-state index contributed by atoms with van der Waals surface area (Å²) in [6.07, 6.45) is 4.50. The third kappa shape index (κ3) is 3.31. The summed E-state index contributed by atoms with van der Waals surface area (Å²) in [5, 5.41) is 0. The van der Waals surface area contributed by atoms with E-state index in [2.05, 4.69) is 0 Å². The van der Waals surface area contributed by atoms with Gasteiger partial charge in [-0.25, -0.2) is 8.78 Å². The molecule has 0 saturated heterocycles. The monoisotopic (exact) mass is 269 g/mol. The molecule has 1 aromatic carbocycles. The highest BCUT2D eigenvalue weighted by molar-refractivity contribution is 5.20. The zero-order valence-electron chi connectivity index (χ0n) is 11.3. The zero-order chi connectivity index (χ0) is 13.9. The first kappa shape index (κ1) is 14.4. The Hall–Kier alpha value is -1.00. The SMILES string of the molecule is CCOC1(C(N)Cc2cc(F)cc(F)c2)CCCC1. The van der Waals surface area contributed by atoms with Crippen molar-refractivity contribution >= 4 is 0 Å². The smallest absolute Gasteiger partial charge is 0.126 e. The standard InChI is InChI=1S/C15H21F2NO/c1-2-19-15(5-3-4-6-15)14(18)9-11-7-12(16)10-13(17)8-11/h7-8,10,14H,2-6,9,18H2,1H3. The molecular formula is C15H21F2NO. The molecule has 1 atom stereocenters. The number of nitrogens with two attached hydrogens (primary N) is 1. The summed E-state index contributed by atoms with van der Waals surface area (Å²) in [5.74, 6) is -1.11. The van der Waals surface area contributed by atoms with E-state index >= 15 is 0 Å². The molecule has 2 rings (SSSR count). The molecular weight excluding hydrogens is 248 g/mol. The van der Waals surface area contributed by atoms with Gasteiger partial charge in [-0.3, -0.25) is 0 Å². The molecule has 0 aromatic heterocycles. The summed E-state index contributed by atoms with van der Waals surface area (Å²) in [6, 6.07) is 3.34. The van der Waals surface area contributed by atoms with Crippen LogP contribution in [0.3, 0.4) is 0 Å². The van der Waals surface area contributed by atoms with Crippen LogP contribution >= 0.6 is 0 Å². The second kappa shape index (κ2) is 5.97. The summed E-state index contributed by atoms with van der Waals surface area (Å²) in [4.78, 5) is 0. The van der Waals surface area contributed by atoms with Gasteiger partial charge in [-0.05, 0) is 43.9 Å². The molecule has 0 heterocycles. The average Bonchev–Trinajstić information content (AvgIpc) is 2.78. The van der Waals surface area contributed by atoms with E-state index in [1.165, 1.54) is 12.1 Å². The van der Waals surface area contributed by atoms with Crippen LogP contribution in [0.2, 0.25) is 0 Å². The topological polar surface area (TPSA) is 35.2 Å². The normalized spacial score (nSPS) is 19.6. The first-order valence-electron chi connectivity index (χ1n) is 6.90. The van der Waals surface area contributed by atoms with Gasteiger partial charge in [-0.2, -0.15) is 0 Å². The van der Waals surface area contributed by atoms with Crippen molar-refractivity contribution in [3.05, 3.63) is 35.4 Å². The third-order valence-electron chi connectivity index (χ3n) is 3.94. The van der Waals surface area contributed by atoms with E-state index in [0.717, 1.165) is 31.7 Å². The molecule has 0 amide bonds. The Morgan fingerprint density at radius 2 is 1.79 bits per heavy atom. The Kier molecular flexibility index (Phi) is 4.53. The highest BCUT2D eigenvalue weighted by Gasteiger charge is 2.40. The number of rotatable bonds is 5. The molecule has 0 aliphatic heterocycles. The molecule has 19 heavy (non-hydrogen) atoms. The first-order chi connectivity index (χ1) is 9.05. The molecule has 1 aromatic rings. The van der Waals surface area contributed by atoms with Crippen molar-refractivity contribution in [1.82, 2.24) is 0 Å². The first-order valence-corrected chi connectivity index (χ1v) is 6.90. The van der Waals surface area contributed by atoms with Crippen LogP contribution in [0.15, 0.2) is 18.2 Å². The van der Waals surface area contributed by atoms with Gasteiger partial charge in [0, 0.05) is 18.7 Å². The van der Waals surface area contributed by atoms with Gasteiger partial charge in [0.25, 0.3) is 0 Å². The lowest BCUT2D eigenvalue weighted by atomic mass is 9.88. The van der Waals surface area contributed by atoms with E-state index < -0.39 is 11.6 Å². The second-order valence-corrected chi connectivity index (χ2v) is 5.29. The fourth-order valence-electron chi connectivity index (χ4n) is 3.05.